The van der Waals surface area contributed by atoms with Crippen LogP contribution in [0.25, 0.3) is 0 Å². The Balaban J connectivity index is 2.84. The summed E-state index contributed by atoms with van der Waals surface area (Å²) in [4.78, 5) is 12.0. The van der Waals surface area contributed by atoms with Crippen LogP contribution in [0.3, 0.4) is 0 Å². The molecule has 0 saturated carbocycles. The fraction of sp³-hybridized carbons (Fsp3) is 0.500. The third kappa shape index (κ3) is 4.85. The second-order valence-electron chi connectivity index (χ2n) is 5.04. The van der Waals surface area contributed by atoms with E-state index in [9.17, 15) is 13.2 Å². The van der Waals surface area contributed by atoms with Crippen LogP contribution in [0.2, 0.25) is 0 Å². The zero-order chi connectivity index (χ0) is 15.3. The van der Waals surface area contributed by atoms with Crippen molar-refractivity contribution in [3.8, 4) is 0 Å². The third-order valence-corrected chi connectivity index (χ3v) is 4.09. The highest BCUT2D eigenvalue weighted by Crippen LogP contribution is 2.20. The van der Waals surface area contributed by atoms with Gasteiger partial charge in [-0.05, 0) is 38.0 Å². The molecule has 0 fully saturated rings. The summed E-state index contributed by atoms with van der Waals surface area (Å²) in [5.41, 5.74) is 1.32. The number of anilines is 1. The van der Waals surface area contributed by atoms with Crippen LogP contribution in [0.5, 0.6) is 0 Å². The van der Waals surface area contributed by atoms with Crippen molar-refractivity contribution in [2.75, 3.05) is 11.6 Å². The fourth-order valence-electron chi connectivity index (χ4n) is 1.85. The molecule has 1 aromatic rings. The van der Waals surface area contributed by atoms with Gasteiger partial charge in [0, 0.05) is 18.0 Å². The molecule has 1 rings (SSSR count). The second-order valence-corrected chi connectivity index (χ2v) is 7.05. The highest BCUT2D eigenvalue weighted by atomic mass is 32.2. The number of hydrogen-bond acceptors (Lipinski definition) is 3. The van der Waals surface area contributed by atoms with E-state index in [1.54, 1.807) is 6.07 Å². The molecule has 2 amide bonds. The van der Waals surface area contributed by atoms with Crippen LogP contribution in [0.4, 0.5) is 10.5 Å². The van der Waals surface area contributed by atoms with Crippen LogP contribution in [0, 0.1) is 6.92 Å². The Labute approximate surface area is 120 Å². The summed E-state index contributed by atoms with van der Waals surface area (Å²) in [6.07, 6.45) is 3.03. The zero-order valence-electron chi connectivity index (χ0n) is 12.4. The smallest absolute Gasteiger partial charge is 0.319 e. The first-order chi connectivity index (χ1) is 9.24. The summed E-state index contributed by atoms with van der Waals surface area (Å²) in [5.74, 6) is 0. The molecule has 0 aliphatic carbocycles. The van der Waals surface area contributed by atoms with Crippen molar-refractivity contribution in [3.63, 3.8) is 0 Å². The highest BCUT2D eigenvalue weighted by molar-refractivity contribution is 7.90. The van der Waals surface area contributed by atoms with Gasteiger partial charge >= 0.3 is 6.03 Å². The second kappa shape index (κ2) is 6.74. The minimum atomic E-state index is -3.28. The van der Waals surface area contributed by atoms with Gasteiger partial charge in [0.2, 0.25) is 0 Å². The van der Waals surface area contributed by atoms with Gasteiger partial charge in [0.05, 0.1) is 4.90 Å². The van der Waals surface area contributed by atoms with Gasteiger partial charge in [-0.1, -0.05) is 19.4 Å². The molecule has 2 N–H and O–H groups in total. The Morgan fingerprint density at radius 2 is 2.00 bits per heavy atom. The summed E-state index contributed by atoms with van der Waals surface area (Å²) in [5, 5.41) is 5.51. The maximum atomic E-state index is 11.8. The summed E-state index contributed by atoms with van der Waals surface area (Å²) in [7, 11) is -3.28. The van der Waals surface area contributed by atoms with Crippen LogP contribution >= 0.6 is 0 Å². The number of sulfone groups is 1. The molecular formula is C14H22N2O3S. The van der Waals surface area contributed by atoms with E-state index in [1.165, 1.54) is 12.1 Å². The number of rotatable bonds is 5. The molecule has 5 nitrogen and oxygen atoms in total. The predicted molar refractivity (Wildman–Crippen MR) is 80.8 cm³/mol. The molecule has 0 unspecified atom stereocenters. The Hall–Kier alpha value is -1.56. The lowest BCUT2D eigenvalue weighted by Gasteiger charge is -2.15. The number of carbonyl (C=O) groups is 1. The standard InChI is InChI=1S/C14H22N2O3S/c1-5-6-11(3)15-14(17)16-13-9-12(20(4,18)19)8-7-10(13)2/h7-9,11H,5-6H2,1-4H3,(H2,15,16,17)/t11-/m0/s1. The van der Waals surface area contributed by atoms with Crippen LogP contribution in [0.1, 0.15) is 32.3 Å². The van der Waals surface area contributed by atoms with E-state index < -0.39 is 9.84 Å². The van der Waals surface area contributed by atoms with E-state index in [0.717, 1.165) is 24.7 Å². The van der Waals surface area contributed by atoms with Crippen molar-refractivity contribution in [1.82, 2.24) is 5.32 Å². The summed E-state index contributed by atoms with van der Waals surface area (Å²) in [6, 6.07) is 4.46. The summed E-state index contributed by atoms with van der Waals surface area (Å²) >= 11 is 0. The molecule has 20 heavy (non-hydrogen) atoms. The molecule has 0 spiro atoms. The Morgan fingerprint density at radius 1 is 1.35 bits per heavy atom. The van der Waals surface area contributed by atoms with Crippen LogP contribution < -0.4 is 10.6 Å². The van der Waals surface area contributed by atoms with Gasteiger partial charge in [-0.3, -0.25) is 0 Å². The number of amides is 2. The molecule has 1 aromatic carbocycles. The minimum Gasteiger partial charge on any atom is -0.335 e. The summed E-state index contributed by atoms with van der Waals surface area (Å²) < 4.78 is 23.0. The van der Waals surface area contributed by atoms with Gasteiger partial charge in [0.1, 0.15) is 0 Å². The average Bonchev–Trinajstić information content (AvgIpc) is 2.30. The highest BCUT2D eigenvalue weighted by Gasteiger charge is 2.12. The topological polar surface area (TPSA) is 75.3 Å². The van der Waals surface area contributed by atoms with Crippen molar-refractivity contribution in [2.45, 2.75) is 44.6 Å². The molecular weight excluding hydrogens is 276 g/mol. The lowest BCUT2D eigenvalue weighted by Crippen LogP contribution is -2.36. The number of aryl methyl sites for hydroxylation is 1. The van der Waals surface area contributed by atoms with Gasteiger partial charge in [-0.2, -0.15) is 0 Å². The molecule has 1 atom stereocenters. The van der Waals surface area contributed by atoms with Gasteiger partial charge in [-0.25, -0.2) is 13.2 Å². The minimum absolute atomic E-state index is 0.0818. The Morgan fingerprint density at radius 3 is 2.55 bits per heavy atom. The summed E-state index contributed by atoms with van der Waals surface area (Å²) in [6.45, 7) is 5.80. The van der Waals surface area contributed by atoms with Crippen molar-refractivity contribution in [1.29, 1.82) is 0 Å². The van der Waals surface area contributed by atoms with Gasteiger partial charge in [0.25, 0.3) is 0 Å². The average molecular weight is 298 g/mol. The van der Waals surface area contributed by atoms with Crippen molar-refractivity contribution < 1.29 is 13.2 Å². The quantitative estimate of drug-likeness (QED) is 0.877. The first-order valence-corrected chi connectivity index (χ1v) is 8.51. The monoisotopic (exact) mass is 298 g/mol. The molecule has 0 heterocycles. The van der Waals surface area contributed by atoms with E-state index in [-0.39, 0.29) is 17.0 Å². The zero-order valence-corrected chi connectivity index (χ0v) is 13.2. The molecule has 0 aliphatic rings. The normalized spacial score (nSPS) is 12.8. The Bertz CT molecular complexity index is 582. The fourth-order valence-corrected chi connectivity index (χ4v) is 2.50. The maximum Gasteiger partial charge on any atom is 0.319 e. The van der Waals surface area contributed by atoms with Crippen LogP contribution in [-0.2, 0) is 9.84 Å². The first-order valence-electron chi connectivity index (χ1n) is 6.62. The van der Waals surface area contributed by atoms with E-state index in [4.69, 9.17) is 0 Å². The van der Waals surface area contributed by atoms with Gasteiger partial charge in [-0.15, -0.1) is 0 Å². The van der Waals surface area contributed by atoms with E-state index in [1.807, 2.05) is 13.8 Å². The lowest BCUT2D eigenvalue weighted by atomic mass is 10.2. The first kappa shape index (κ1) is 16.5. The van der Waals surface area contributed by atoms with Crippen molar-refractivity contribution in [2.24, 2.45) is 0 Å². The largest absolute Gasteiger partial charge is 0.335 e. The molecule has 0 radical (unpaired) electrons. The molecule has 0 saturated heterocycles. The van der Waals surface area contributed by atoms with Crippen molar-refractivity contribution in [3.05, 3.63) is 23.8 Å². The SMILES string of the molecule is CCC[C@H](C)NC(=O)Nc1cc(S(C)(=O)=O)ccc1C. The number of benzene rings is 1. The number of nitrogens with one attached hydrogen (secondary N) is 2. The third-order valence-electron chi connectivity index (χ3n) is 2.98. The van der Waals surface area contributed by atoms with Crippen molar-refractivity contribution >= 4 is 21.6 Å². The maximum absolute atomic E-state index is 11.8. The number of urea groups is 1. The molecule has 0 bridgehead atoms. The van der Waals surface area contributed by atoms with E-state index in [2.05, 4.69) is 17.6 Å². The number of hydrogen-bond donors (Lipinski definition) is 2. The van der Waals surface area contributed by atoms with E-state index >= 15 is 0 Å². The number of carbonyl (C=O) groups excluding carboxylic acids is 1. The molecule has 112 valence electrons. The Kier molecular flexibility index (Phi) is 5.56. The lowest BCUT2D eigenvalue weighted by molar-refractivity contribution is 0.248. The molecule has 0 aromatic heterocycles. The molecule has 0 aliphatic heterocycles. The van der Waals surface area contributed by atoms with Gasteiger partial charge < -0.3 is 10.6 Å². The van der Waals surface area contributed by atoms with E-state index in [0.29, 0.717) is 5.69 Å². The predicted octanol–water partition coefficient (Wildman–Crippen LogP) is 2.71. The van der Waals surface area contributed by atoms with Crippen LogP contribution in [0.15, 0.2) is 23.1 Å². The van der Waals surface area contributed by atoms with Gasteiger partial charge in [0.15, 0.2) is 9.84 Å². The van der Waals surface area contributed by atoms with Crippen LogP contribution in [-0.4, -0.2) is 26.7 Å². The molecule has 6 heteroatoms.